The van der Waals surface area contributed by atoms with Crippen LogP contribution in [0.25, 0.3) is 22.2 Å². The number of benzene rings is 3. The lowest BCUT2D eigenvalue weighted by atomic mass is 10.1. The van der Waals surface area contributed by atoms with Gasteiger partial charge in [-0.3, -0.25) is 0 Å². The molecule has 0 aliphatic rings. The number of hydrogen-bond donors (Lipinski definition) is 0. The van der Waals surface area contributed by atoms with Gasteiger partial charge in [0.1, 0.15) is 22.9 Å². The summed E-state index contributed by atoms with van der Waals surface area (Å²) >= 11 is 3.52. The van der Waals surface area contributed by atoms with Gasteiger partial charge in [0.15, 0.2) is 5.75 Å². The van der Waals surface area contributed by atoms with Crippen molar-refractivity contribution in [2.24, 2.45) is 0 Å². The maximum Gasteiger partial charge on any atom is 0.154 e. The third-order valence-corrected chi connectivity index (χ3v) is 4.87. The second kappa shape index (κ2) is 7.90. The van der Waals surface area contributed by atoms with Crippen LogP contribution in [-0.4, -0.2) is 19.2 Å². The van der Waals surface area contributed by atoms with Crippen LogP contribution in [0.15, 0.2) is 77.3 Å². The van der Waals surface area contributed by atoms with Crippen molar-refractivity contribution in [3.63, 3.8) is 0 Å². The average Bonchev–Trinajstić information content (AvgIpc) is 2.74. The lowest BCUT2D eigenvalue weighted by Gasteiger charge is -2.13. The molecule has 0 radical (unpaired) electrons. The van der Waals surface area contributed by atoms with E-state index in [0.717, 1.165) is 38.1 Å². The van der Waals surface area contributed by atoms with Gasteiger partial charge in [0.2, 0.25) is 0 Å². The van der Waals surface area contributed by atoms with Crippen molar-refractivity contribution in [2.75, 3.05) is 14.2 Å². The number of rotatable bonds is 5. The molecule has 0 unspecified atom stereocenters. The van der Waals surface area contributed by atoms with Gasteiger partial charge in [-0.2, -0.15) is 0 Å². The molecule has 0 atom stereocenters. The normalized spacial score (nSPS) is 10.7. The Bertz CT molecular complexity index is 1130. The Labute approximate surface area is 171 Å². The molecule has 28 heavy (non-hydrogen) atoms. The summed E-state index contributed by atoms with van der Waals surface area (Å²) in [4.78, 5) is 4.87. The molecule has 5 heteroatoms. The van der Waals surface area contributed by atoms with Gasteiger partial charge in [-0.05, 0) is 60.7 Å². The second-order valence-electron chi connectivity index (χ2n) is 6.18. The molecule has 0 aliphatic heterocycles. The number of fused-ring (bicyclic) bond motifs is 1. The van der Waals surface area contributed by atoms with E-state index in [-0.39, 0.29) is 0 Å². The molecule has 0 spiro atoms. The highest BCUT2D eigenvalue weighted by Gasteiger charge is 2.13. The first-order valence-corrected chi connectivity index (χ1v) is 9.52. The van der Waals surface area contributed by atoms with Crippen LogP contribution in [-0.2, 0) is 0 Å². The van der Waals surface area contributed by atoms with Crippen LogP contribution in [0.1, 0.15) is 0 Å². The fraction of sp³-hybridized carbons (Fsp3) is 0.0870. The molecule has 4 nitrogen and oxygen atoms in total. The van der Waals surface area contributed by atoms with E-state index in [1.165, 1.54) is 0 Å². The van der Waals surface area contributed by atoms with E-state index in [4.69, 9.17) is 19.2 Å². The van der Waals surface area contributed by atoms with Crippen molar-refractivity contribution in [1.29, 1.82) is 0 Å². The fourth-order valence-corrected chi connectivity index (χ4v) is 3.33. The molecule has 0 saturated carbocycles. The molecule has 4 rings (SSSR count). The Kier molecular flexibility index (Phi) is 5.17. The van der Waals surface area contributed by atoms with Gasteiger partial charge in [0, 0.05) is 15.4 Å². The van der Waals surface area contributed by atoms with Gasteiger partial charge in [-0.25, -0.2) is 4.98 Å². The summed E-state index contributed by atoms with van der Waals surface area (Å²) in [6.45, 7) is 0. The Balaban J connectivity index is 1.85. The predicted molar refractivity (Wildman–Crippen MR) is 114 cm³/mol. The Morgan fingerprint density at radius 2 is 1.50 bits per heavy atom. The van der Waals surface area contributed by atoms with Gasteiger partial charge < -0.3 is 14.2 Å². The number of ether oxygens (including phenoxy) is 3. The van der Waals surface area contributed by atoms with Gasteiger partial charge >= 0.3 is 0 Å². The molecule has 0 bridgehead atoms. The van der Waals surface area contributed by atoms with Crippen LogP contribution in [0.2, 0.25) is 0 Å². The molecule has 3 aromatic carbocycles. The number of aromatic nitrogens is 1. The molecule has 0 N–H and O–H groups in total. The average molecular weight is 436 g/mol. The van der Waals surface area contributed by atoms with Crippen molar-refractivity contribution >= 4 is 26.8 Å². The molecule has 4 aromatic rings. The molecular weight excluding hydrogens is 418 g/mol. The molecule has 0 amide bonds. The number of halogens is 1. The number of methoxy groups -OCH3 is 2. The topological polar surface area (TPSA) is 40.6 Å². The summed E-state index contributed by atoms with van der Waals surface area (Å²) < 4.78 is 17.8. The minimum Gasteiger partial charge on any atom is -0.497 e. The van der Waals surface area contributed by atoms with Crippen molar-refractivity contribution < 1.29 is 14.2 Å². The van der Waals surface area contributed by atoms with Gasteiger partial charge in [0.05, 0.1) is 19.7 Å². The van der Waals surface area contributed by atoms with Crippen molar-refractivity contribution in [3.8, 4) is 34.3 Å². The van der Waals surface area contributed by atoms with Crippen LogP contribution < -0.4 is 14.2 Å². The maximum atomic E-state index is 6.21. The van der Waals surface area contributed by atoms with Crippen LogP contribution in [0.4, 0.5) is 0 Å². The number of hydrogen-bond acceptors (Lipinski definition) is 4. The standard InChI is InChI=1S/C23H18BrNO3/c1-26-18-7-9-19(10-8-18)28-22-14-16-12-17(24)6-11-21(16)25-23(22)15-4-3-5-20(13-15)27-2/h3-14H,1-2H3. The number of nitrogens with zero attached hydrogens (tertiary/aromatic N) is 1. The Morgan fingerprint density at radius 1 is 0.750 bits per heavy atom. The Hall–Kier alpha value is -3.05. The fourth-order valence-electron chi connectivity index (χ4n) is 2.95. The predicted octanol–water partition coefficient (Wildman–Crippen LogP) is 6.47. The number of pyridine rings is 1. The van der Waals surface area contributed by atoms with E-state index in [9.17, 15) is 0 Å². The molecule has 0 aliphatic carbocycles. The first kappa shape index (κ1) is 18.3. The molecular formula is C23H18BrNO3. The van der Waals surface area contributed by atoms with Crippen LogP contribution in [0.5, 0.6) is 23.0 Å². The van der Waals surface area contributed by atoms with E-state index in [1.54, 1.807) is 14.2 Å². The molecule has 1 heterocycles. The largest absolute Gasteiger partial charge is 0.497 e. The summed E-state index contributed by atoms with van der Waals surface area (Å²) in [5.74, 6) is 2.93. The third kappa shape index (κ3) is 3.80. The molecule has 1 aromatic heterocycles. The molecule has 0 saturated heterocycles. The second-order valence-corrected chi connectivity index (χ2v) is 7.10. The van der Waals surface area contributed by atoms with E-state index < -0.39 is 0 Å². The van der Waals surface area contributed by atoms with E-state index in [0.29, 0.717) is 11.5 Å². The minimum absolute atomic E-state index is 0.670. The van der Waals surface area contributed by atoms with Crippen molar-refractivity contribution in [2.45, 2.75) is 0 Å². The highest BCUT2D eigenvalue weighted by atomic mass is 79.9. The minimum atomic E-state index is 0.670. The summed E-state index contributed by atoms with van der Waals surface area (Å²) in [6.07, 6.45) is 0. The Morgan fingerprint density at radius 3 is 2.25 bits per heavy atom. The lowest BCUT2D eigenvalue weighted by Crippen LogP contribution is -1.94. The first-order valence-electron chi connectivity index (χ1n) is 8.73. The van der Waals surface area contributed by atoms with Crippen molar-refractivity contribution in [3.05, 3.63) is 77.3 Å². The van der Waals surface area contributed by atoms with Crippen molar-refractivity contribution in [1.82, 2.24) is 4.98 Å². The highest BCUT2D eigenvalue weighted by molar-refractivity contribution is 9.10. The zero-order chi connectivity index (χ0) is 19.5. The van der Waals surface area contributed by atoms with Crippen LogP contribution >= 0.6 is 15.9 Å². The lowest BCUT2D eigenvalue weighted by molar-refractivity contribution is 0.412. The highest BCUT2D eigenvalue weighted by Crippen LogP contribution is 2.36. The van der Waals surface area contributed by atoms with Crippen LogP contribution in [0.3, 0.4) is 0 Å². The van der Waals surface area contributed by atoms with Gasteiger partial charge in [-0.15, -0.1) is 0 Å². The van der Waals surface area contributed by atoms with Gasteiger partial charge in [-0.1, -0.05) is 28.1 Å². The maximum absolute atomic E-state index is 6.21. The summed E-state index contributed by atoms with van der Waals surface area (Å²) in [6, 6.07) is 23.3. The van der Waals surface area contributed by atoms with E-state index in [1.807, 2.05) is 72.8 Å². The van der Waals surface area contributed by atoms with Crippen LogP contribution in [0, 0.1) is 0 Å². The zero-order valence-electron chi connectivity index (χ0n) is 15.5. The summed E-state index contributed by atoms with van der Waals surface area (Å²) in [5, 5.41) is 0.990. The first-order chi connectivity index (χ1) is 13.7. The SMILES string of the molecule is COc1ccc(Oc2cc3cc(Br)ccc3nc2-c2cccc(OC)c2)cc1. The third-order valence-electron chi connectivity index (χ3n) is 4.37. The monoisotopic (exact) mass is 435 g/mol. The molecule has 140 valence electrons. The zero-order valence-corrected chi connectivity index (χ0v) is 17.1. The summed E-state index contributed by atoms with van der Waals surface area (Å²) in [5.41, 5.74) is 2.57. The van der Waals surface area contributed by atoms with Gasteiger partial charge in [0.25, 0.3) is 0 Å². The van der Waals surface area contributed by atoms with E-state index >= 15 is 0 Å². The smallest absolute Gasteiger partial charge is 0.154 e. The molecule has 0 fully saturated rings. The summed E-state index contributed by atoms with van der Waals surface area (Å²) in [7, 11) is 3.29. The quantitative estimate of drug-likeness (QED) is 0.359. The van der Waals surface area contributed by atoms with E-state index in [2.05, 4.69) is 15.9 Å².